The van der Waals surface area contributed by atoms with Crippen LogP contribution in [0.2, 0.25) is 10.0 Å². The van der Waals surface area contributed by atoms with Gasteiger partial charge in [0.05, 0.1) is 10.0 Å². The molecular weight excluding hydrogens is 371 g/mol. The largest absolute Gasteiger partial charge is 0.349 e. The quantitative estimate of drug-likeness (QED) is 0.850. The molecular formula is C16H14Cl2N2O3S. The zero-order valence-electron chi connectivity index (χ0n) is 12.6. The van der Waals surface area contributed by atoms with Crippen LogP contribution in [0.4, 0.5) is 5.69 Å². The van der Waals surface area contributed by atoms with Gasteiger partial charge in [0.1, 0.15) is 4.90 Å². The van der Waals surface area contributed by atoms with Crippen molar-refractivity contribution in [1.29, 1.82) is 0 Å². The fourth-order valence-electron chi connectivity index (χ4n) is 2.61. The van der Waals surface area contributed by atoms with E-state index in [4.69, 9.17) is 23.2 Å². The van der Waals surface area contributed by atoms with Crippen LogP contribution < -0.4 is 10.0 Å². The summed E-state index contributed by atoms with van der Waals surface area (Å²) in [5.74, 6) is -0.217. The molecule has 1 aliphatic heterocycles. The number of carbonyl (C=O) groups is 1. The van der Waals surface area contributed by atoms with Gasteiger partial charge in [0, 0.05) is 17.3 Å². The fraction of sp³-hybridized carbons (Fsp3) is 0.188. The number of fused-ring (bicyclic) bond motifs is 1. The number of benzene rings is 2. The number of halogens is 2. The first-order valence-electron chi connectivity index (χ1n) is 7.18. The first-order valence-corrected chi connectivity index (χ1v) is 9.42. The Morgan fingerprint density at radius 1 is 1.21 bits per heavy atom. The molecule has 0 bridgehead atoms. The Morgan fingerprint density at radius 3 is 2.71 bits per heavy atom. The summed E-state index contributed by atoms with van der Waals surface area (Å²) in [6.07, 6.45) is 0.703. The molecule has 8 heteroatoms. The number of rotatable bonds is 3. The number of sulfonamides is 1. The molecule has 2 aromatic rings. The summed E-state index contributed by atoms with van der Waals surface area (Å²) in [5.41, 5.74) is 1.63. The topological polar surface area (TPSA) is 75.3 Å². The highest BCUT2D eigenvalue weighted by Gasteiger charge is 2.24. The average molecular weight is 385 g/mol. The van der Waals surface area contributed by atoms with Crippen molar-refractivity contribution < 1.29 is 13.2 Å². The summed E-state index contributed by atoms with van der Waals surface area (Å²) < 4.78 is 27.5. The Hall–Kier alpha value is -1.76. The summed E-state index contributed by atoms with van der Waals surface area (Å²) in [4.78, 5) is 11.9. The van der Waals surface area contributed by atoms with E-state index in [-0.39, 0.29) is 32.6 Å². The van der Waals surface area contributed by atoms with Crippen LogP contribution in [0, 0.1) is 0 Å². The second-order valence-electron chi connectivity index (χ2n) is 5.61. The van der Waals surface area contributed by atoms with Crippen molar-refractivity contribution in [3.63, 3.8) is 0 Å². The van der Waals surface area contributed by atoms with Crippen LogP contribution in [0.5, 0.6) is 0 Å². The molecule has 2 aromatic carbocycles. The molecule has 5 nitrogen and oxygen atoms in total. The molecule has 1 aliphatic rings. The van der Waals surface area contributed by atoms with Gasteiger partial charge in [-0.1, -0.05) is 35.3 Å². The second kappa shape index (κ2) is 6.27. The molecule has 0 aromatic heterocycles. The molecule has 1 amide bonds. The van der Waals surface area contributed by atoms with E-state index in [0.717, 1.165) is 5.56 Å². The average Bonchev–Trinajstić information content (AvgIpc) is 2.50. The molecule has 0 saturated carbocycles. The second-order valence-corrected chi connectivity index (χ2v) is 8.04. The Bertz CT molecular complexity index is 929. The van der Waals surface area contributed by atoms with Crippen LogP contribution in [0.3, 0.4) is 0 Å². The number of carbonyl (C=O) groups excluding carboxylic acids is 1. The molecule has 1 atom stereocenters. The Labute approximate surface area is 150 Å². The monoisotopic (exact) mass is 384 g/mol. The van der Waals surface area contributed by atoms with Crippen LogP contribution in [0.15, 0.2) is 41.3 Å². The highest BCUT2D eigenvalue weighted by atomic mass is 35.5. The summed E-state index contributed by atoms with van der Waals surface area (Å²) in [6, 6.07) is 9.33. The highest BCUT2D eigenvalue weighted by molar-refractivity contribution is 7.92. The van der Waals surface area contributed by atoms with E-state index in [1.807, 2.05) is 6.92 Å². The Balaban J connectivity index is 1.95. The molecule has 1 unspecified atom stereocenters. The predicted octanol–water partition coefficient (Wildman–Crippen LogP) is 3.47. The molecule has 0 aliphatic carbocycles. The number of hydrogen-bond acceptors (Lipinski definition) is 3. The van der Waals surface area contributed by atoms with Gasteiger partial charge in [-0.3, -0.25) is 9.52 Å². The van der Waals surface area contributed by atoms with Crippen molar-refractivity contribution in [3.8, 4) is 0 Å². The lowest BCUT2D eigenvalue weighted by Crippen LogP contribution is -2.39. The first kappa shape index (κ1) is 17.1. The maximum absolute atomic E-state index is 12.5. The fourth-order valence-corrected chi connectivity index (χ4v) is 4.43. The smallest absolute Gasteiger partial charge is 0.263 e. The molecule has 0 spiro atoms. The summed E-state index contributed by atoms with van der Waals surface area (Å²) in [6.45, 7) is 1.92. The SMILES string of the molecule is CC1Cc2ccc(NS(=O)(=O)c3cccc(Cl)c3Cl)cc2C(=O)N1. The minimum absolute atomic E-state index is 0.0452. The van der Waals surface area contributed by atoms with Crippen molar-refractivity contribution in [2.24, 2.45) is 0 Å². The molecule has 3 rings (SSSR count). The number of anilines is 1. The van der Waals surface area contributed by atoms with Crippen LogP contribution in [-0.2, 0) is 16.4 Å². The number of nitrogens with one attached hydrogen (secondary N) is 2. The number of hydrogen-bond donors (Lipinski definition) is 2. The Morgan fingerprint density at radius 2 is 1.96 bits per heavy atom. The maximum atomic E-state index is 12.5. The normalized spacial score (nSPS) is 17.1. The van der Waals surface area contributed by atoms with E-state index in [1.165, 1.54) is 24.3 Å². The van der Waals surface area contributed by atoms with E-state index < -0.39 is 10.0 Å². The van der Waals surface area contributed by atoms with Gasteiger partial charge in [-0.2, -0.15) is 0 Å². The highest BCUT2D eigenvalue weighted by Crippen LogP contribution is 2.30. The summed E-state index contributed by atoms with van der Waals surface area (Å²) >= 11 is 11.9. The first-order chi connectivity index (χ1) is 11.3. The van der Waals surface area contributed by atoms with Gasteiger partial charge < -0.3 is 5.32 Å². The summed E-state index contributed by atoms with van der Waals surface area (Å²) in [7, 11) is -3.92. The van der Waals surface area contributed by atoms with Gasteiger partial charge in [-0.25, -0.2) is 8.42 Å². The van der Waals surface area contributed by atoms with Crippen molar-refractivity contribution in [3.05, 3.63) is 57.6 Å². The maximum Gasteiger partial charge on any atom is 0.263 e. The standard InChI is InChI=1S/C16H14Cl2N2O3S/c1-9-7-10-5-6-11(8-12(10)16(21)19-9)20-24(22,23)14-4-2-3-13(17)15(14)18/h2-6,8-9,20H,7H2,1H3,(H,19,21). The van der Waals surface area contributed by atoms with Crippen molar-refractivity contribution in [2.45, 2.75) is 24.3 Å². The molecule has 0 fully saturated rings. The van der Waals surface area contributed by atoms with E-state index in [1.54, 1.807) is 12.1 Å². The van der Waals surface area contributed by atoms with E-state index in [2.05, 4.69) is 10.0 Å². The third-order valence-electron chi connectivity index (χ3n) is 3.72. The van der Waals surface area contributed by atoms with Crippen molar-refractivity contribution in [1.82, 2.24) is 5.32 Å². The van der Waals surface area contributed by atoms with Gasteiger partial charge in [0.25, 0.3) is 15.9 Å². The third kappa shape index (κ3) is 3.22. The zero-order chi connectivity index (χ0) is 17.5. The van der Waals surface area contributed by atoms with Crippen LogP contribution in [-0.4, -0.2) is 20.4 Å². The van der Waals surface area contributed by atoms with Gasteiger partial charge >= 0.3 is 0 Å². The van der Waals surface area contributed by atoms with Crippen molar-refractivity contribution in [2.75, 3.05) is 4.72 Å². The summed E-state index contributed by atoms with van der Waals surface area (Å²) in [5, 5.41) is 2.93. The van der Waals surface area contributed by atoms with Crippen LogP contribution in [0.25, 0.3) is 0 Å². The third-order valence-corrected chi connectivity index (χ3v) is 6.07. The minimum atomic E-state index is -3.92. The van der Waals surface area contributed by atoms with E-state index >= 15 is 0 Å². The van der Waals surface area contributed by atoms with E-state index in [9.17, 15) is 13.2 Å². The van der Waals surface area contributed by atoms with Crippen molar-refractivity contribution >= 4 is 44.8 Å². The van der Waals surface area contributed by atoms with Gasteiger partial charge in [-0.05, 0) is 43.2 Å². The molecule has 0 saturated heterocycles. The lowest BCUT2D eigenvalue weighted by molar-refractivity contribution is 0.0929. The van der Waals surface area contributed by atoms with Crippen LogP contribution in [0.1, 0.15) is 22.8 Å². The molecule has 24 heavy (non-hydrogen) atoms. The predicted molar refractivity (Wildman–Crippen MR) is 94.3 cm³/mol. The lowest BCUT2D eigenvalue weighted by atomic mass is 9.96. The van der Waals surface area contributed by atoms with Gasteiger partial charge in [0.2, 0.25) is 0 Å². The van der Waals surface area contributed by atoms with E-state index in [0.29, 0.717) is 12.0 Å². The number of amides is 1. The van der Waals surface area contributed by atoms with Crippen LogP contribution >= 0.6 is 23.2 Å². The molecule has 126 valence electrons. The molecule has 1 heterocycles. The van der Waals surface area contributed by atoms with Gasteiger partial charge in [-0.15, -0.1) is 0 Å². The Kier molecular flexibility index (Phi) is 4.46. The minimum Gasteiger partial charge on any atom is -0.349 e. The van der Waals surface area contributed by atoms with Gasteiger partial charge in [0.15, 0.2) is 0 Å². The molecule has 2 N–H and O–H groups in total. The zero-order valence-corrected chi connectivity index (χ0v) is 15.0. The molecule has 0 radical (unpaired) electrons. The lowest BCUT2D eigenvalue weighted by Gasteiger charge is -2.23.